The summed E-state index contributed by atoms with van der Waals surface area (Å²) in [5.74, 6) is -3.09. The van der Waals surface area contributed by atoms with Gasteiger partial charge in [-0.1, -0.05) is 64.1 Å². The van der Waals surface area contributed by atoms with Gasteiger partial charge in [0.25, 0.3) is 0 Å². The molecule has 2 N–H and O–H groups in total. The van der Waals surface area contributed by atoms with Crippen LogP contribution in [0.1, 0.15) is 71.7 Å². The predicted molar refractivity (Wildman–Crippen MR) is 145 cm³/mol. The largest absolute Gasteiger partial charge is 0.459 e. The lowest BCUT2D eigenvalue weighted by molar-refractivity contribution is -0.173. The molecule has 8 atom stereocenters. The van der Waals surface area contributed by atoms with Crippen molar-refractivity contribution in [1.82, 2.24) is 0 Å². The Bertz CT molecular complexity index is 1110. The minimum absolute atomic E-state index is 0.135. The van der Waals surface area contributed by atoms with Crippen LogP contribution >= 0.6 is 0 Å². The van der Waals surface area contributed by atoms with Gasteiger partial charge in [-0.25, -0.2) is 4.79 Å². The van der Waals surface area contributed by atoms with Crippen LogP contribution in [0.15, 0.2) is 54.1 Å². The van der Waals surface area contributed by atoms with Gasteiger partial charge in [-0.15, -0.1) is 0 Å². The summed E-state index contributed by atoms with van der Waals surface area (Å²) in [6.45, 7) is 11.8. The molecule has 0 aliphatic heterocycles. The summed E-state index contributed by atoms with van der Waals surface area (Å²) in [5.41, 5.74) is -1.33. The maximum absolute atomic E-state index is 13.1. The maximum atomic E-state index is 13.1. The van der Waals surface area contributed by atoms with Gasteiger partial charge in [0.2, 0.25) is 0 Å². The zero-order chi connectivity index (χ0) is 29.1. The van der Waals surface area contributed by atoms with Gasteiger partial charge in [-0.05, 0) is 37.0 Å². The normalized spacial score (nSPS) is 36.6. The monoisotopic (exact) mass is 542 g/mol. The molecular weight excluding hydrogens is 500 g/mol. The number of benzene rings is 1. The van der Waals surface area contributed by atoms with E-state index in [9.17, 15) is 24.6 Å². The molecule has 1 fully saturated rings. The molecule has 1 aromatic rings. The number of hydrogen-bond acceptors (Lipinski definition) is 8. The van der Waals surface area contributed by atoms with E-state index >= 15 is 0 Å². The highest BCUT2D eigenvalue weighted by atomic mass is 16.6. The van der Waals surface area contributed by atoms with E-state index in [1.54, 1.807) is 43.3 Å². The number of aliphatic hydroxyl groups is 2. The van der Waals surface area contributed by atoms with E-state index in [1.807, 2.05) is 39.8 Å². The summed E-state index contributed by atoms with van der Waals surface area (Å²) in [7, 11) is 0. The number of carbonyl (C=O) groups excluding carboxylic acids is 3. The van der Waals surface area contributed by atoms with Crippen molar-refractivity contribution in [1.29, 1.82) is 0 Å². The van der Waals surface area contributed by atoms with Crippen LogP contribution in [0.4, 0.5) is 0 Å². The quantitative estimate of drug-likeness (QED) is 0.327. The third-order valence-electron chi connectivity index (χ3n) is 8.04. The molecule has 0 radical (unpaired) electrons. The Morgan fingerprint density at radius 2 is 1.59 bits per heavy atom. The molecule has 39 heavy (non-hydrogen) atoms. The van der Waals surface area contributed by atoms with Crippen LogP contribution in [0, 0.1) is 23.2 Å². The van der Waals surface area contributed by atoms with Crippen molar-refractivity contribution < 1.29 is 38.8 Å². The highest BCUT2D eigenvalue weighted by Crippen LogP contribution is 2.48. The Morgan fingerprint density at radius 3 is 2.18 bits per heavy atom. The first kappa shape index (κ1) is 30.6. The van der Waals surface area contributed by atoms with Crippen LogP contribution in [0.3, 0.4) is 0 Å². The lowest BCUT2D eigenvalue weighted by Crippen LogP contribution is -2.52. The van der Waals surface area contributed by atoms with Gasteiger partial charge in [0.05, 0.1) is 11.7 Å². The number of fused-ring (bicyclic) bond motifs is 1. The first-order valence-corrected chi connectivity index (χ1v) is 13.5. The zero-order valence-electron chi connectivity index (χ0n) is 23.9. The van der Waals surface area contributed by atoms with E-state index in [2.05, 4.69) is 0 Å². The molecule has 2 aliphatic rings. The lowest BCUT2D eigenvalue weighted by atomic mass is 9.75. The van der Waals surface area contributed by atoms with Gasteiger partial charge in [-0.3, -0.25) is 9.59 Å². The van der Waals surface area contributed by atoms with Crippen molar-refractivity contribution in [2.75, 3.05) is 0 Å². The number of esters is 3. The van der Waals surface area contributed by atoms with E-state index in [-0.39, 0.29) is 18.8 Å². The van der Waals surface area contributed by atoms with E-state index in [0.29, 0.717) is 11.1 Å². The Balaban J connectivity index is 2.16. The molecule has 1 saturated carbocycles. The third-order valence-corrected chi connectivity index (χ3v) is 8.04. The lowest BCUT2D eigenvalue weighted by Gasteiger charge is -2.40. The Morgan fingerprint density at radius 1 is 0.974 bits per heavy atom. The second-order valence-corrected chi connectivity index (χ2v) is 11.8. The SMILES string of the molecule is CC(=O)O[C@@H]1[C@@H](C)/C=C\C(C)(C)[C@@H](O)C[C@@H](OC(C)=O)/C(C)=C/[C@H]2[C@H](OC(=O)c3ccccc3)[C@@H](C)C[C@@]12O. The highest BCUT2D eigenvalue weighted by molar-refractivity contribution is 5.89. The molecule has 8 nitrogen and oxygen atoms in total. The van der Waals surface area contributed by atoms with Gasteiger partial charge < -0.3 is 24.4 Å². The summed E-state index contributed by atoms with van der Waals surface area (Å²) >= 11 is 0. The molecule has 1 aromatic carbocycles. The topological polar surface area (TPSA) is 119 Å². The van der Waals surface area contributed by atoms with Crippen molar-refractivity contribution in [3.63, 3.8) is 0 Å². The van der Waals surface area contributed by atoms with Gasteiger partial charge in [0.1, 0.15) is 23.9 Å². The number of hydrogen-bond donors (Lipinski definition) is 2. The number of carbonyl (C=O) groups is 3. The van der Waals surface area contributed by atoms with E-state index in [1.165, 1.54) is 13.8 Å². The van der Waals surface area contributed by atoms with Crippen LogP contribution in [-0.2, 0) is 23.8 Å². The highest BCUT2D eigenvalue weighted by Gasteiger charge is 2.58. The third kappa shape index (κ3) is 6.97. The van der Waals surface area contributed by atoms with Crippen molar-refractivity contribution >= 4 is 17.9 Å². The summed E-state index contributed by atoms with van der Waals surface area (Å²) in [6.07, 6.45) is 2.40. The minimum Gasteiger partial charge on any atom is -0.459 e. The molecule has 2 aliphatic carbocycles. The molecule has 0 amide bonds. The van der Waals surface area contributed by atoms with Gasteiger partial charge in [0, 0.05) is 37.5 Å². The van der Waals surface area contributed by atoms with E-state index in [4.69, 9.17) is 14.2 Å². The first-order chi connectivity index (χ1) is 18.2. The van der Waals surface area contributed by atoms with Gasteiger partial charge in [0.15, 0.2) is 0 Å². The van der Waals surface area contributed by atoms with Crippen LogP contribution < -0.4 is 0 Å². The molecule has 8 heteroatoms. The fourth-order valence-corrected chi connectivity index (χ4v) is 5.79. The maximum Gasteiger partial charge on any atom is 0.338 e. The first-order valence-electron chi connectivity index (χ1n) is 13.5. The Labute approximate surface area is 231 Å². The molecule has 3 rings (SSSR count). The predicted octanol–water partition coefficient (Wildman–Crippen LogP) is 4.39. The summed E-state index contributed by atoms with van der Waals surface area (Å²) in [4.78, 5) is 37.4. The van der Waals surface area contributed by atoms with Gasteiger partial charge >= 0.3 is 17.9 Å². The second kappa shape index (κ2) is 12.0. The molecule has 0 aromatic heterocycles. The van der Waals surface area contributed by atoms with Gasteiger partial charge in [-0.2, -0.15) is 0 Å². The van der Waals surface area contributed by atoms with Crippen molar-refractivity contribution in [2.45, 2.75) is 91.3 Å². The van der Waals surface area contributed by atoms with Crippen LogP contribution in [0.25, 0.3) is 0 Å². The smallest absolute Gasteiger partial charge is 0.338 e. The molecule has 214 valence electrons. The molecule has 0 spiro atoms. The minimum atomic E-state index is -1.60. The second-order valence-electron chi connectivity index (χ2n) is 11.8. The van der Waals surface area contributed by atoms with E-state index in [0.717, 1.165) is 0 Å². The zero-order valence-corrected chi connectivity index (χ0v) is 23.9. The number of aliphatic hydroxyl groups excluding tert-OH is 1. The molecule has 0 bridgehead atoms. The number of ether oxygens (including phenoxy) is 3. The average molecular weight is 543 g/mol. The summed E-state index contributed by atoms with van der Waals surface area (Å²) < 4.78 is 17.4. The fourth-order valence-electron chi connectivity index (χ4n) is 5.79. The van der Waals surface area contributed by atoms with Crippen molar-refractivity contribution in [3.8, 4) is 0 Å². The standard InChI is InChI=1S/C31H42O8/c1-18-13-14-30(6,7)26(34)16-25(37-21(4)32)19(2)15-24-27(39-29(35)23-11-9-8-10-12-23)20(3)17-31(24,36)28(18)38-22(5)33/h8-15,18,20,24-28,34,36H,16-17H2,1-7H3/b14-13-,19-15+/t18-,20-,24-,25+,26-,27+,28+,31-/m0/s1. The van der Waals surface area contributed by atoms with E-state index < -0.39 is 65.2 Å². The van der Waals surface area contributed by atoms with Crippen LogP contribution in [-0.4, -0.2) is 58.1 Å². The summed E-state index contributed by atoms with van der Waals surface area (Å²) in [5, 5.41) is 23.5. The summed E-state index contributed by atoms with van der Waals surface area (Å²) in [6, 6.07) is 8.60. The molecule has 0 unspecified atom stereocenters. The molecule has 0 saturated heterocycles. The van der Waals surface area contributed by atoms with Crippen LogP contribution in [0.5, 0.6) is 0 Å². The van der Waals surface area contributed by atoms with Crippen molar-refractivity contribution in [2.24, 2.45) is 23.2 Å². The molecular formula is C31H42O8. The Kier molecular flexibility index (Phi) is 9.44. The fraction of sp³-hybridized carbons (Fsp3) is 0.581. The van der Waals surface area contributed by atoms with Crippen molar-refractivity contribution in [3.05, 3.63) is 59.7 Å². The molecule has 0 heterocycles. The Hall–Kier alpha value is -2.97. The number of rotatable bonds is 4. The average Bonchev–Trinajstić information content (AvgIpc) is 3.09. The van der Waals surface area contributed by atoms with Crippen LogP contribution in [0.2, 0.25) is 0 Å².